The summed E-state index contributed by atoms with van der Waals surface area (Å²) in [4.78, 5) is 2.46. The molecule has 9 rings (SSSR count). The van der Waals surface area contributed by atoms with Crippen molar-refractivity contribution in [1.82, 2.24) is 0 Å². The fourth-order valence-electron chi connectivity index (χ4n) is 7.38. The Hall–Kier alpha value is -5.18. The summed E-state index contributed by atoms with van der Waals surface area (Å²) in [6.07, 6.45) is 0. The fourth-order valence-corrected chi connectivity index (χ4v) is 8.51. The van der Waals surface area contributed by atoms with E-state index >= 15 is 0 Å². The van der Waals surface area contributed by atoms with Crippen molar-refractivity contribution in [1.29, 1.82) is 0 Å². The molecule has 45 heavy (non-hydrogen) atoms. The maximum absolute atomic E-state index is 2.46. The third-order valence-electron chi connectivity index (χ3n) is 9.64. The normalized spacial score (nSPS) is 13.3. The Morgan fingerprint density at radius 2 is 1.20 bits per heavy atom. The second-order valence-electron chi connectivity index (χ2n) is 12.6. The van der Waals surface area contributed by atoms with Crippen LogP contribution in [0.1, 0.15) is 25.0 Å². The molecule has 0 radical (unpaired) electrons. The van der Waals surface area contributed by atoms with E-state index in [1.807, 2.05) is 11.3 Å². The number of hydrogen-bond acceptors (Lipinski definition) is 2. The van der Waals surface area contributed by atoms with E-state index in [0.29, 0.717) is 0 Å². The van der Waals surface area contributed by atoms with E-state index in [9.17, 15) is 0 Å². The van der Waals surface area contributed by atoms with Crippen molar-refractivity contribution in [3.8, 4) is 22.3 Å². The van der Waals surface area contributed by atoms with Gasteiger partial charge in [0.2, 0.25) is 0 Å². The van der Waals surface area contributed by atoms with Gasteiger partial charge in [0.05, 0.1) is 5.69 Å². The Balaban J connectivity index is 1.27. The predicted octanol–water partition coefficient (Wildman–Crippen LogP) is 12.7. The molecule has 1 heterocycles. The average Bonchev–Trinajstić information content (AvgIpc) is 3.56. The van der Waals surface area contributed by atoms with Crippen LogP contribution >= 0.6 is 11.3 Å². The quantitative estimate of drug-likeness (QED) is 0.196. The van der Waals surface area contributed by atoms with Gasteiger partial charge in [0, 0.05) is 42.5 Å². The van der Waals surface area contributed by atoms with Gasteiger partial charge in [-0.05, 0) is 87.1 Å². The zero-order chi connectivity index (χ0) is 30.1. The molecule has 0 saturated carbocycles. The van der Waals surface area contributed by atoms with Crippen LogP contribution < -0.4 is 4.90 Å². The molecule has 1 aliphatic rings. The Morgan fingerprint density at radius 1 is 0.489 bits per heavy atom. The van der Waals surface area contributed by atoms with Crippen LogP contribution in [-0.4, -0.2) is 0 Å². The van der Waals surface area contributed by atoms with Crippen molar-refractivity contribution in [2.24, 2.45) is 0 Å². The Labute approximate surface area is 267 Å². The molecule has 2 heteroatoms. The summed E-state index contributed by atoms with van der Waals surface area (Å²) in [5.41, 5.74) is 11.3. The predicted molar refractivity (Wildman–Crippen MR) is 195 cm³/mol. The monoisotopic (exact) mass is 593 g/mol. The maximum Gasteiger partial charge on any atom is 0.0543 e. The molecule has 0 saturated heterocycles. The van der Waals surface area contributed by atoms with E-state index in [1.54, 1.807) is 0 Å². The first-order valence-electron chi connectivity index (χ1n) is 15.6. The third kappa shape index (κ3) is 4.06. The highest BCUT2D eigenvalue weighted by Gasteiger charge is 2.37. The van der Waals surface area contributed by atoms with Gasteiger partial charge in [-0.15, -0.1) is 11.3 Å². The molecule has 0 unspecified atom stereocenters. The van der Waals surface area contributed by atoms with E-state index in [2.05, 4.69) is 170 Å². The van der Waals surface area contributed by atoms with Crippen LogP contribution in [0.15, 0.2) is 152 Å². The number of thiophene rings is 1. The van der Waals surface area contributed by atoms with Crippen molar-refractivity contribution in [3.63, 3.8) is 0 Å². The van der Waals surface area contributed by atoms with Crippen LogP contribution in [0.25, 0.3) is 53.2 Å². The van der Waals surface area contributed by atoms with Crippen molar-refractivity contribution in [3.05, 3.63) is 163 Å². The maximum atomic E-state index is 2.46. The number of rotatable bonds is 4. The van der Waals surface area contributed by atoms with Crippen LogP contribution in [0.3, 0.4) is 0 Å². The van der Waals surface area contributed by atoms with Gasteiger partial charge in [-0.2, -0.15) is 0 Å². The number of fused-ring (bicyclic) bond motifs is 7. The molecular formula is C43H31NS. The van der Waals surface area contributed by atoms with Gasteiger partial charge >= 0.3 is 0 Å². The van der Waals surface area contributed by atoms with Crippen LogP contribution in [0.4, 0.5) is 17.1 Å². The summed E-state index contributed by atoms with van der Waals surface area (Å²) < 4.78 is 2.67. The second kappa shape index (κ2) is 9.92. The number of benzene rings is 7. The summed E-state index contributed by atoms with van der Waals surface area (Å²) in [6, 6.07) is 55.9. The molecule has 8 aromatic rings. The first-order valence-corrected chi connectivity index (χ1v) is 16.4. The van der Waals surface area contributed by atoms with Crippen LogP contribution in [-0.2, 0) is 5.41 Å². The first-order chi connectivity index (χ1) is 22.1. The van der Waals surface area contributed by atoms with Crippen LogP contribution in [0.2, 0.25) is 0 Å². The SMILES string of the molecule is CC1(C)c2ccccc2-c2c(N(c3ccc(-c4ccccc4)cc3)c3ccc4cc5c(cc4c3)sc3ccccc35)cccc21. The highest BCUT2D eigenvalue weighted by Crippen LogP contribution is 2.54. The molecule has 1 nitrogen and oxygen atoms in total. The minimum Gasteiger partial charge on any atom is -0.310 e. The van der Waals surface area contributed by atoms with Gasteiger partial charge in [0.25, 0.3) is 0 Å². The largest absolute Gasteiger partial charge is 0.310 e. The molecule has 214 valence electrons. The van der Waals surface area contributed by atoms with Crippen LogP contribution in [0, 0.1) is 0 Å². The molecule has 0 spiro atoms. The summed E-state index contributed by atoms with van der Waals surface area (Å²) in [5, 5.41) is 5.19. The minimum atomic E-state index is -0.0685. The molecule has 1 aromatic heterocycles. The second-order valence-corrected chi connectivity index (χ2v) is 13.7. The highest BCUT2D eigenvalue weighted by molar-refractivity contribution is 7.25. The van der Waals surface area contributed by atoms with Gasteiger partial charge in [0.15, 0.2) is 0 Å². The summed E-state index contributed by atoms with van der Waals surface area (Å²) in [6.45, 7) is 4.71. The first kappa shape index (κ1) is 26.2. The van der Waals surface area contributed by atoms with Crippen molar-refractivity contribution >= 4 is 59.3 Å². The molecular weight excluding hydrogens is 563 g/mol. The summed E-state index contributed by atoms with van der Waals surface area (Å²) >= 11 is 1.88. The fraction of sp³-hybridized carbons (Fsp3) is 0.0698. The lowest BCUT2D eigenvalue weighted by atomic mass is 9.82. The molecule has 0 N–H and O–H groups in total. The lowest BCUT2D eigenvalue weighted by Gasteiger charge is -2.29. The Bertz CT molecular complexity index is 2400. The van der Waals surface area contributed by atoms with E-state index in [-0.39, 0.29) is 5.41 Å². The smallest absolute Gasteiger partial charge is 0.0543 e. The van der Waals surface area contributed by atoms with Crippen molar-refractivity contribution in [2.75, 3.05) is 4.90 Å². The lowest BCUT2D eigenvalue weighted by Crippen LogP contribution is -2.16. The zero-order valence-corrected chi connectivity index (χ0v) is 26.1. The molecule has 0 amide bonds. The zero-order valence-electron chi connectivity index (χ0n) is 25.3. The van der Waals surface area contributed by atoms with Gasteiger partial charge in [-0.3, -0.25) is 0 Å². The third-order valence-corrected chi connectivity index (χ3v) is 10.8. The highest BCUT2D eigenvalue weighted by atomic mass is 32.1. The van der Waals surface area contributed by atoms with Gasteiger partial charge < -0.3 is 4.90 Å². The Kier molecular flexibility index (Phi) is 5.78. The molecule has 0 atom stereocenters. The van der Waals surface area contributed by atoms with Crippen molar-refractivity contribution < 1.29 is 0 Å². The average molecular weight is 594 g/mol. The summed E-state index contributed by atoms with van der Waals surface area (Å²) in [7, 11) is 0. The van der Waals surface area contributed by atoms with Gasteiger partial charge in [0.1, 0.15) is 0 Å². The molecule has 0 aliphatic heterocycles. The van der Waals surface area contributed by atoms with Gasteiger partial charge in [-0.1, -0.05) is 117 Å². The topological polar surface area (TPSA) is 3.24 Å². The van der Waals surface area contributed by atoms with E-state index < -0.39 is 0 Å². The summed E-state index contributed by atoms with van der Waals surface area (Å²) in [5.74, 6) is 0. The van der Waals surface area contributed by atoms with Gasteiger partial charge in [-0.25, -0.2) is 0 Å². The van der Waals surface area contributed by atoms with Crippen molar-refractivity contribution in [2.45, 2.75) is 19.3 Å². The van der Waals surface area contributed by atoms with E-state index in [0.717, 1.165) is 11.4 Å². The lowest BCUT2D eigenvalue weighted by molar-refractivity contribution is 0.660. The minimum absolute atomic E-state index is 0.0685. The van der Waals surface area contributed by atoms with E-state index in [1.165, 1.54) is 70.0 Å². The number of hydrogen-bond donors (Lipinski definition) is 0. The molecule has 1 aliphatic carbocycles. The number of nitrogens with zero attached hydrogens (tertiary/aromatic N) is 1. The molecule has 0 bridgehead atoms. The standard InChI is InChI=1S/C43H31NS/c1-43(2)37-15-8-6-14-35(37)42-38(43)16-10-17-39(42)44(32-22-19-29(20-23-32)28-11-4-3-5-12-28)33-24-21-30-26-36-34-13-7-9-18-40(34)45-41(36)27-31(30)25-33/h3-27H,1-2H3. The Morgan fingerprint density at radius 3 is 2.07 bits per heavy atom. The van der Waals surface area contributed by atoms with E-state index in [4.69, 9.17) is 0 Å². The molecule has 0 fully saturated rings. The molecule has 7 aromatic carbocycles. The number of anilines is 3. The van der Waals surface area contributed by atoms with Crippen LogP contribution in [0.5, 0.6) is 0 Å².